The van der Waals surface area contributed by atoms with E-state index < -0.39 is 0 Å². The number of para-hydroxylation sites is 1. The minimum Gasteiger partial charge on any atom is -0.353 e. The molecule has 0 spiro atoms. The topological polar surface area (TPSA) is 40.5 Å². The largest absolute Gasteiger partial charge is 0.353 e. The standard InChI is InChI=1S/C33H45N3/c1-19(2)26-13-12-14-27(20(3)4)32(26)34-24(10)30-15-16-31(36-30)25(11)35-33-28(21(5)6)17-23(9)18-29(33)22(7)8/h12-22,36H,1-11H3. The van der Waals surface area contributed by atoms with Crippen molar-refractivity contribution < 1.29 is 0 Å². The molecule has 0 saturated heterocycles. The Labute approximate surface area is 219 Å². The zero-order valence-corrected chi connectivity index (χ0v) is 24.2. The average molecular weight is 484 g/mol. The van der Waals surface area contributed by atoms with E-state index in [1.54, 1.807) is 0 Å². The average Bonchev–Trinajstić information content (AvgIpc) is 3.30. The van der Waals surface area contributed by atoms with E-state index in [1.807, 2.05) is 0 Å². The number of benzene rings is 2. The molecule has 0 aliphatic rings. The molecule has 36 heavy (non-hydrogen) atoms. The minimum atomic E-state index is 0.415. The van der Waals surface area contributed by atoms with Gasteiger partial charge in [-0.2, -0.15) is 0 Å². The van der Waals surface area contributed by atoms with E-state index in [0.717, 1.165) is 34.2 Å². The van der Waals surface area contributed by atoms with Gasteiger partial charge in [0.2, 0.25) is 0 Å². The molecular formula is C33H45N3. The lowest BCUT2D eigenvalue weighted by atomic mass is 9.90. The van der Waals surface area contributed by atoms with Crippen LogP contribution in [0.4, 0.5) is 11.4 Å². The summed E-state index contributed by atoms with van der Waals surface area (Å²) in [6.07, 6.45) is 0. The fourth-order valence-corrected chi connectivity index (χ4v) is 4.76. The van der Waals surface area contributed by atoms with E-state index in [4.69, 9.17) is 9.98 Å². The number of aromatic amines is 1. The molecule has 2 aromatic carbocycles. The van der Waals surface area contributed by atoms with E-state index in [2.05, 4.69) is 124 Å². The van der Waals surface area contributed by atoms with Crippen LogP contribution in [0, 0.1) is 6.92 Å². The third kappa shape index (κ3) is 6.06. The lowest BCUT2D eigenvalue weighted by Gasteiger charge is -2.18. The van der Waals surface area contributed by atoms with Gasteiger partial charge in [0.15, 0.2) is 0 Å². The van der Waals surface area contributed by atoms with E-state index in [0.29, 0.717) is 23.7 Å². The van der Waals surface area contributed by atoms with E-state index >= 15 is 0 Å². The zero-order valence-electron chi connectivity index (χ0n) is 24.2. The molecule has 0 aliphatic heterocycles. The van der Waals surface area contributed by atoms with Crippen molar-refractivity contribution in [3.63, 3.8) is 0 Å². The van der Waals surface area contributed by atoms with Crippen molar-refractivity contribution in [3.05, 3.63) is 81.7 Å². The molecule has 192 valence electrons. The minimum absolute atomic E-state index is 0.415. The number of rotatable bonds is 8. The number of aromatic nitrogens is 1. The highest BCUT2D eigenvalue weighted by molar-refractivity contribution is 6.03. The summed E-state index contributed by atoms with van der Waals surface area (Å²) in [6.45, 7) is 24.3. The molecule has 1 aromatic heterocycles. The second-order valence-corrected chi connectivity index (χ2v) is 11.4. The maximum absolute atomic E-state index is 5.19. The Morgan fingerprint density at radius 2 is 0.944 bits per heavy atom. The van der Waals surface area contributed by atoms with Gasteiger partial charge in [-0.15, -0.1) is 0 Å². The molecule has 3 rings (SSSR count). The summed E-state index contributed by atoms with van der Waals surface area (Å²) in [5, 5.41) is 0. The molecule has 0 bridgehead atoms. The van der Waals surface area contributed by atoms with Gasteiger partial charge in [-0.05, 0) is 78.8 Å². The molecule has 0 radical (unpaired) electrons. The van der Waals surface area contributed by atoms with Crippen LogP contribution in [0.1, 0.15) is 132 Å². The fraction of sp³-hybridized carbons (Fsp3) is 0.455. The first-order valence-corrected chi connectivity index (χ1v) is 13.5. The van der Waals surface area contributed by atoms with Crippen LogP contribution < -0.4 is 0 Å². The molecular weight excluding hydrogens is 438 g/mol. The predicted octanol–water partition coefficient (Wildman–Crippen LogP) is 10.1. The molecule has 3 heteroatoms. The Morgan fingerprint density at radius 3 is 1.31 bits per heavy atom. The third-order valence-corrected chi connectivity index (χ3v) is 6.92. The van der Waals surface area contributed by atoms with Crippen LogP contribution in [0.2, 0.25) is 0 Å². The van der Waals surface area contributed by atoms with E-state index in [9.17, 15) is 0 Å². The Kier molecular flexibility index (Phi) is 8.76. The molecule has 0 fully saturated rings. The number of H-pyrrole nitrogens is 1. The summed E-state index contributed by atoms with van der Waals surface area (Å²) < 4.78 is 0. The van der Waals surface area contributed by atoms with Crippen LogP contribution in [0.5, 0.6) is 0 Å². The summed E-state index contributed by atoms with van der Waals surface area (Å²) >= 11 is 0. The molecule has 1 heterocycles. The molecule has 1 N–H and O–H groups in total. The first-order valence-electron chi connectivity index (χ1n) is 13.5. The Bertz CT molecular complexity index is 1210. The van der Waals surface area contributed by atoms with Crippen LogP contribution in [0.3, 0.4) is 0 Å². The second kappa shape index (κ2) is 11.4. The van der Waals surface area contributed by atoms with Gasteiger partial charge in [0, 0.05) is 0 Å². The maximum atomic E-state index is 5.19. The Morgan fingerprint density at radius 1 is 0.583 bits per heavy atom. The SMILES string of the molecule is CC(=Nc1c(C(C)C)cccc1C(C)C)c1ccc(C(C)=Nc2c(C(C)C)cc(C)cc2C(C)C)[nH]1. The zero-order chi connectivity index (χ0) is 26.7. The molecule has 0 aliphatic carbocycles. The number of hydrogen-bond acceptors (Lipinski definition) is 2. The summed E-state index contributed by atoms with van der Waals surface area (Å²) in [6, 6.07) is 15.4. The highest BCUT2D eigenvalue weighted by Crippen LogP contribution is 2.37. The molecule has 0 atom stereocenters. The lowest BCUT2D eigenvalue weighted by Crippen LogP contribution is -2.02. The van der Waals surface area contributed by atoms with Crippen molar-refractivity contribution in [2.24, 2.45) is 9.98 Å². The Hall–Kier alpha value is -2.94. The number of nitrogens with zero attached hydrogens (tertiary/aromatic N) is 2. The monoisotopic (exact) mass is 483 g/mol. The first kappa shape index (κ1) is 27.6. The van der Waals surface area contributed by atoms with Crippen LogP contribution in [-0.4, -0.2) is 16.4 Å². The summed E-state index contributed by atoms with van der Waals surface area (Å²) in [5.74, 6) is 1.67. The maximum Gasteiger partial charge on any atom is 0.0703 e. The highest BCUT2D eigenvalue weighted by Gasteiger charge is 2.17. The van der Waals surface area contributed by atoms with Gasteiger partial charge in [0.05, 0.1) is 34.2 Å². The number of nitrogens with one attached hydrogen (secondary N) is 1. The van der Waals surface area contributed by atoms with Crippen LogP contribution >= 0.6 is 0 Å². The Balaban J connectivity index is 2.05. The molecule has 3 aromatic rings. The van der Waals surface area contributed by atoms with E-state index in [-0.39, 0.29) is 0 Å². The van der Waals surface area contributed by atoms with Gasteiger partial charge in [0.25, 0.3) is 0 Å². The van der Waals surface area contributed by atoms with Crippen molar-refractivity contribution in [3.8, 4) is 0 Å². The molecule has 3 nitrogen and oxygen atoms in total. The normalized spacial score (nSPS) is 13.1. The van der Waals surface area contributed by atoms with Crippen LogP contribution in [-0.2, 0) is 0 Å². The fourth-order valence-electron chi connectivity index (χ4n) is 4.76. The van der Waals surface area contributed by atoms with Crippen LogP contribution in [0.15, 0.2) is 52.4 Å². The van der Waals surface area contributed by atoms with E-state index in [1.165, 1.54) is 27.8 Å². The van der Waals surface area contributed by atoms with Crippen molar-refractivity contribution in [1.82, 2.24) is 4.98 Å². The third-order valence-electron chi connectivity index (χ3n) is 6.92. The quantitative estimate of drug-likeness (QED) is 0.310. The summed E-state index contributed by atoms with van der Waals surface area (Å²) in [5.41, 5.74) is 12.8. The number of aliphatic imine (C=N–C) groups is 2. The van der Waals surface area contributed by atoms with Crippen molar-refractivity contribution >= 4 is 22.8 Å². The molecule has 0 saturated carbocycles. The van der Waals surface area contributed by atoms with Crippen molar-refractivity contribution in [2.75, 3.05) is 0 Å². The van der Waals surface area contributed by atoms with Gasteiger partial charge >= 0.3 is 0 Å². The van der Waals surface area contributed by atoms with Gasteiger partial charge in [-0.25, -0.2) is 0 Å². The molecule has 0 unspecified atom stereocenters. The van der Waals surface area contributed by atoms with Crippen molar-refractivity contribution in [2.45, 2.75) is 99.8 Å². The highest BCUT2D eigenvalue weighted by atomic mass is 14.8. The summed E-state index contributed by atoms with van der Waals surface area (Å²) in [7, 11) is 0. The van der Waals surface area contributed by atoms with Crippen molar-refractivity contribution in [1.29, 1.82) is 0 Å². The predicted molar refractivity (Wildman–Crippen MR) is 159 cm³/mol. The lowest BCUT2D eigenvalue weighted by molar-refractivity contribution is 0.831. The smallest absolute Gasteiger partial charge is 0.0703 e. The van der Waals surface area contributed by atoms with Gasteiger partial charge in [0.1, 0.15) is 0 Å². The number of aryl methyl sites for hydroxylation is 1. The van der Waals surface area contributed by atoms with Crippen LogP contribution in [0.25, 0.3) is 0 Å². The second-order valence-electron chi connectivity index (χ2n) is 11.4. The molecule has 0 amide bonds. The van der Waals surface area contributed by atoms with Gasteiger partial charge < -0.3 is 4.98 Å². The number of hydrogen-bond donors (Lipinski definition) is 1. The van der Waals surface area contributed by atoms with Gasteiger partial charge in [-0.3, -0.25) is 9.98 Å². The first-order chi connectivity index (χ1) is 16.9. The summed E-state index contributed by atoms with van der Waals surface area (Å²) in [4.78, 5) is 13.9. The van der Waals surface area contributed by atoms with Gasteiger partial charge in [-0.1, -0.05) is 91.3 Å².